The van der Waals surface area contributed by atoms with E-state index in [1.807, 2.05) is 6.07 Å². The molecule has 1 saturated heterocycles. The first kappa shape index (κ1) is 18.7. The van der Waals surface area contributed by atoms with Gasteiger partial charge in [-0.2, -0.15) is 0 Å². The fourth-order valence-electron chi connectivity index (χ4n) is 3.18. The minimum atomic E-state index is -0.263. The van der Waals surface area contributed by atoms with Gasteiger partial charge in [-0.25, -0.2) is 4.39 Å². The van der Waals surface area contributed by atoms with Crippen molar-refractivity contribution in [1.29, 1.82) is 0 Å². The van der Waals surface area contributed by atoms with E-state index in [1.54, 1.807) is 0 Å². The number of nitrogens with one attached hydrogen (secondary N) is 1. The number of piperazine rings is 1. The zero-order chi connectivity index (χ0) is 14.5. The van der Waals surface area contributed by atoms with Crippen molar-refractivity contribution in [2.45, 2.75) is 32.7 Å². The number of halogens is 3. The predicted molar refractivity (Wildman–Crippen MR) is 89.9 cm³/mol. The summed E-state index contributed by atoms with van der Waals surface area (Å²) < 4.78 is 13.3. The molecule has 0 radical (unpaired) electrons. The predicted octanol–water partition coefficient (Wildman–Crippen LogP) is 4.28. The molecule has 0 aromatic heterocycles. The molecule has 2 rings (SSSR count). The smallest absolute Gasteiger partial charge is 0.124 e. The second-order valence-electron chi connectivity index (χ2n) is 5.66. The maximum Gasteiger partial charge on any atom is 0.124 e. The second-order valence-corrected chi connectivity index (χ2v) is 6.07. The molecular formula is C16H25Cl2FN2. The Kier molecular flexibility index (Phi) is 7.96. The molecule has 0 aliphatic carbocycles. The third kappa shape index (κ3) is 4.82. The van der Waals surface area contributed by atoms with Crippen LogP contribution in [0.5, 0.6) is 0 Å². The molecule has 1 aliphatic rings. The van der Waals surface area contributed by atoms with Gasteiger partial charge in [0.05, 0.1) is 0 Å². The Labute approximate surface area is 138 Å². The van der Waals surface area contributed by atoms with Crippen LogP contribution in [0.1, 0.15) is 38.3 Å². The number of rotatable bonds is 5. The van der Waals surface area contributed by atoms with Gasteiger partial charge in [-0.1, -0.05) is 37.9 Å². The topological polar surface area (TPSA) is 15.3 Å². The Morgan fingerprint density at radius 2 is 2.00 bits per heavy atom. The molecule has 0 bridgehead atoms. The number of hydrogen-bond acceptors (Lipinski definition) is 2. The minimum Gasteiger partial charge on any atom is -0.314 e. The van der Waals surface area contributed by atoms with Gasteiger partial charge in [-0.3, -0.25) is 4.90 Å². The molecule has 0 spiro atoms. The van der Waals surface area contributed by atoms with Gasteiger partial charge in [0.1, 0.15) is 5.82 Å². The highest BCUT2D eigenvalue weighted by atomic mass is 35.5. The van der Waals surface area contributed by atoms with Gasteiger partial charge in [0.25, 0.3) is 0 Å². The van der Waals surface area contributed by atoms with Crippen molar-refractivity contribution in [1.82, 2.24) is 10.2 Å². The van der Waals surface area contributed by atoms with Gasteiger partial charge in [-0.15, -0.1) is 12.4 Å². The van der Waals surface area contributed by atoms with E-state index < -0.39 is 0 Å². The molecule has 0 amide bonds. The largest absolute Gasteiger partial charge is 0.314 e. The summed E-state index contributed by atoms with van der Waals surface area (Å²) in [5.41, 5.74) is 1.07. The van der Waals surface area contributed by atoms with Crippen LogP contribution in [0.4, 0.5) is 4.39 Å². The number of hydrogen-bond donors (Lipinski definition) is 1. The normalized spacial score (nSPS) is 18.9. The van der Waals surface area contributed by atoms with E-state index in [4.69, 9.17) is 11.6 Å². The highest BCUT2D eigenvalue weighted by molar-refractivity contribution is 6.31. The highest BCUT2D eigenvalue weighted by Gasteiger charge is 2.28. The zero-order valence-corrected chi connectivity index (χ0v) is 14.3. The summed E-state index contributed by atoms with van der Waals surface area (Å²) in [6.07, 6.45) is 2.31. The van der Waals surface area contributed by atoms with E-state index in [9.17, 15) is 4.39 Å². The Morgan fingerprint density at radius 3 is 2.57 bits per heavy atom. The molecule has 1 unspecified atom stereocenters. The summed E-state index contributed by atoms with van der Waals surface area (Å²) in [6.45, 7) is 8.54. The molecule has 0 saturated carbocycles. The fourth-order valence-corrected chi connectivity index (χ4v) is 3.46. The van der Waals surface area contributed by atoms with Crippen LogP contribution >= 0.6 is 24.0 Å². The van der Waals surface area contributed by atoms with Crippen molar-refractivity contribution in [3.8, 4) is 0 Å². The molecule has 2 nitrogen and oxygen atoms in total. The number of benzene rings is 1. The van der Waals surface area contributed by atoms with Crippen molar-refractivity contribution >= 4 is 24.0 Å². The van der Waals surface area contributed by atoms with Gasteiger partial charge < -0.3 is 5.32 Å². The van der Waals surface area contributed by atoms with Crippen molar-refractivity contribution in [3.63, 3.8) is 0 Å². The van der Waals surface area contributed by atoms with Gasteiger partial charge in [-0.05, 0) is 30.0 Å². The lowest BCUT2D eigenvalue weighted by molar-refractivity contribution is 0.126. The summed E-state index contributed by atoms with van der Waals surface area (Å²) in [4.78, 5) is 2.48. The van der Waals surface area contributed by atoms with Crippen LogP contribution < -0.4 is 5.32 Å². The Morgan fingerprint density at radius 1 is 1.33 bits per heavy atom. The van der Waals surface area contributed by atoms with Crippen LogP contribution in [0.25, 0.3) is 0 Å². The van der Waals surface area contributed by atoms with Crippen molar-refractivity contribution in [2.24, 2.45) is 5.92 Å². The van der Waals surface area contributed by atoms with Gasteiger partial charge >= 0.3 is 0 Å². The van der Waals surface area contributed by atoms with E-state index in [2.05, 4.69) is 24.1 Å². The Balaban J connectivity index is 0.00000220. The quantitative estimate of drug-likeness (QED) is 0.864. The standard InChI is InChI=1S/C16H24ClFN2.ClH/c1-3-4-12(2)16(20-9-7-19-8-10-20)14-6-5-13(18)11-15(14)17;/h5-6,11-12,16,19H,3-4,7-10H2,1-2H3;1H/t12?,16-;/m1./s1. The van der Waals surface area contributed by atoms with Crippen molar-refractivity contribution < 1.29 is 4.39 Å². The van der Waals surface area contributed by atoms with Crippen molar-refractivity contribution in [3.05, 3.63) is 34.6 Å². The van der Waals surface area contributed by atoms with Crippen LogP contribution in [-0.2, 0) is 0 Å². The van der Waals surface area contributed by atoms with E-state index in [1.165, 1.54) is 12.1 Å². The molecule has 1 heterocycles. The van der Waals surface area contributed by atoms with Gasteiger partial charge in [0.2, 0.25) is 0 Å². The molecule has 2 atom stereocenters. The average Bonchev–Trinajstić information content (AvgIpc) is 2.43. The SMILES string of the molecule is CCCC(C)[C@H](c1ccc(F)cc1Cl)N1CCNCC1.Cl. The van der Waals surface area contributed by atoms with Crippen LogP contribution in [0.2, 0.25) is 5.02 Å². The summed E-state index contributed by atoms with van der Waals surface area (Å²) in [6, 6.07) is 5.10. The van der Waals surface area contributed by atoms with Crippen LogP contribution in [-0.4, -0.2) is 31.1 Å². The zero-order valence-electron chi connectivity index (χ0n) is 12.7. The molecule has 21 heavy (non-hydrogen) atoms. The third-order valence-electron chi connectivity index (χ3n) is 4.11. The lowest BCUT2D eigenvalue weighted by Gasteiger charge is -2.39. The maximum atomic E-state index is 13.3. The van der Waals surface area contributed by atoms with Crippen LogP contribution in [0, 0.1) is 11.7 Å². The first-order chi connectivity index (χ1) is 9.63. The summed E-state index contributed by atoms with van der Waals surface area (Å²) in [5, 5.41) is 3.93. The average molecular weight is 335 g/mol. The first-order valence-electron chi connectivity index (χ1n) is 7.53. The third-order valence-corrected chi connectivity index (χ3v) is 4.44. The molecule has 1 N–H and O–H groups in total. The summed E-state index contributed by atoms with van der Waals surface area (Å²) in [7, 11) is 0. The van der Waals surface area contributed by atoms with E-state index in [0.717, 1.165) is 44.6 Å². The molecule has 5 heteroatoms. The van der Waals surface area contributed by atoms with Gasteiger partial charge in [0, 0.05) is 37.2 Å². The fraction of sp³-hybridized carbons (Fsp3) is 0.625. The monoisotopic (exact) mass is 334 g/mol. The van der Waals surface area contributed by atoms with Crippen molar-refractivity contribution in [2.75, 3.05) is 26.2 Å². The summed E-state index contributed by atoms with van der Waals surface area (Å²) >= 11 is 6.31. The lowest BCUT2D eigenvalue weighted by Crippen LogP contribution is -2.46. The maximum absolute atomic E-state index is 13.3. The highest BCUT2D eigenvalue weighted by Crippen LogP contribution is 2.36. The molecule has 1 fully saturated rings. The number of nitrogens with zero attached hydrogens (tertiary/aromatic N) is 1. The van der Waals surface area contributed by atoms with E-state index in [-0.39, 0.29) is 24.3 Å². The molecule has 1 aliphatic heterocycles. The lowest BCUT2D eigenvalue weighted by atomic mass is 9.89. The second kappa shape index (κ2) is 8.94. The minimum absolute atomic E-state index is 0. The Bertz CT molecular complexity index is 436. The van der Waals surface area contributed by atoms with E-state index in [0.29, 0.717) is 10.9 Å². The van der Waals surface area contributed by atoms with Crippen LogP contribution in [0.3, 0.4) is 0 Å². The Hall–Kier alpha value is -0.350. The molecule has 1 aromatic rings. The van der Waals surface area contributed by atoms with Crippen LogP contribution in [0.15, 0.2) is 18.2 Å². The molecule has 1 aromatic carbocycles. The summed E-state index contributed by atoms with van der Waals surface area (Å²) in [5.74, 6) is 0.252. The molecule has 120 valence electrons. The van der Waals surface area contributed by atoms with Gasteiger partial charge in [0.15, 0.2) is 0 Å². The van der Waals surface area contributed by atoms with E-state index >= 15 is 0 Å². The molecular weight excluding hydrogens is 310 g/mol. The first-order valence-corrected chi connectivity index (χ1v) is 7.91.